The molecule has 0 aromatic heterocycles. The molecule has 0 saturated heterocycles. The smallest absolute Gasteiger partial charge is 0.312 e. The number of esters is 1. The standard InChI is InChI=1S/C16H24O2/c1-4-11-16(3,12-5-2)15(17)18-13-14-9-7-6-8-10-14/h6-10H,4-5,11-13H2,1-3H3. The van der Waals surface area contributed by atoms with Crippen molar-refractivity contribution in [3.8, 4) is 0 Å². The van der Waals surface area contributed by atoms with Crippen molar-refractivity contribution in [2.45, 2.75) is 53.1 Å². The van der Waals surface area contributed by atoms with Crippen LogP contribution in [-0.2, 0) is 16.1 Å². The summed E-state index contributed by atoms with van der Waals surface area (Å²) in [7, 11) is 0. The second-order valence-corrected chi connectivity index (χ2v) is 5.12. The van der Waals surface area contributed by atoms with Crippen LogP contribution in [0.25, 0.3) is 0 Å². The number of carbonyl (C=O) groups excluding carboxylic acids is 1. The normalized spacial score (nSPS) is 11.3. The van der Waals surface area contributed by atoms with Gasteiger partial charge in [0.05, 0.1) is 5.41 Å². The van der Waals surface area contributed by atoms with Crippen molar-refractivity contribution in [3.05, 3.63) is 35.9 Å². The summed E-state index contributed by atoms with van der Waals surface area (Å²) < 4.78 is 5.46. The van der Waals surface area contributed by atoms with Gasteiger partial charge in [-0.05, 0) is 25.3 Å². The molecule has 0 radical (unpaired) electrons. The molecule has 18 heavy (non-hydrogen) atoms. The van der Waals surface area contributed by atoms with Gasteiger partial charge >= 0.3 is 5.97 Å². The molecular weight excluding hydrogens is 224 g/mol. The molecule has 1 aromatic rings. The summed E-state index contributed by atoms with van der Waals surface area (Å²) in [5.41, 5.74) is 0.722. The zero-order valence-corrected chi connectivity index (χ0v) is 11.7. The van der Waals surface area contributed by atoms with Crippen molar-refractivity contribution in [3.63, 3.8) is 0 Å². The molecule has 0 atom stereocenters. The summed E-state index contributed by atoms with van der Waals surface area (Å²) in [6.07, 6.45) is 3.82. The Hall–Kier alpha value is -1.31. The van der Waals surface area contributed by atoms with Crippen LogP contribution >= 0.6 is 0 Å². The third-order valence-electron chi connectivity index (χ3n) is 3.31. The second kappa shape index (κ2) is 7.20. The molecule has 0 spiro atoms. The second-order valence-electron chi connectivity index (χ2n) is 5.12. The first kappa shape index (κ1) is 14.7. The molecule has 100 valence electrons. The van der Waals surface area contributed by atoms with Gasteiger partial charge in [0, 0.05) is 0 Å². The molecule has 2 nitrogen and oxygen atoms in total. The van der Waals surface area contributed by atoms with Gasteiger partial charge in [0.2, 0.25) is 0 Å². The van der Waals surface area contributed by atoms with Gasteiger partial charge in [0.25, 0.3) is 0 Å². The fourth-order valence-electron chi connectivity index (χ4n) is 2.33. The minimum Gasteiger partial charge on any atom is -0.460 e. The van der Waals surface area contributed by atoms with E-state index >= 15 is 0 Å². The van der Waals surface area contributed by atoms with E-state index in [0.717, 1.165) is 31.2 Å². The van der Waals surface area contributed by atoms with Crippen LogP contribution in [0.2, 0.25) is 0 Å². The van der Waals surface area contributed by atoms with Gasteiger partial charge in [-0.1, -0.05) is 57.0 Å². The highest BCUT2D eigenvalue weighted by Gasteiger charge is 2.32. The molecule has 0 saturated carbocycles. The Kier molecular flexibility index (Phi) is 5.90. The summed E-state index contributed by atoms with van der Waals surface area (Å²) in [6.45, 7) is 6.62. The van der Waals surface area contributed by atoms with Gasteiger partial charge in [-0.3, -0.25) is 4.79 Å². The maximum atomic E-state index is 12.2. The van der Waals surface area contributed by atoms with Gasteiger partial charge < -0.3 is 4.74 Å². The first-order chi connectivity index (χ1) is 8.62. The van der Waals surface area contributed by atoms with Crippen LogP contribution in [0.15, 0.2) is 30.3 Å². The van der Waals surface area contributed by atoms with Crippen LogP contribution in [0.5, 0.6) is 0 Å². The van der Waals surface area contributed by atoms with Gasteiger partial charge in [0.15, 0.2) is 0 Å². The number of benzene rings is 1. The lowest BCUT2D eigenvalue weighted by atomic mass is 9.81. The highest BCUT2D eigenvalue weighted by molar-refractivity contribution is 5.76. The van der Waals surface area contributed by atoms with Gasteiger partial charge in [-0.15, -0.1) is 0 Å². The summed E-state index contributed by atoms with van der Waals surface area (Å²) >= 11 is 0. The predicted molar refractivity (Wildman–Crippen MR) is 74.2 cm³/mol. The lowest BCUT2D eigenvalue weighted by Gasteiger charge is -2.26. The van der Waals surface area contributed by atoms with Crippen LogP contribution in [-0.4, -0.2) is 5.97 Å². The topological polar surface area (TPSA) is 26.3 Å². The highest BCUT2D eigenvalue weighted by atomic mass is 16.5. The molecule has 0 aliphatic heterocycles. The zero-order chi connectivity index (χ0) is 13.4. The Morgan fingerprint density at radius 2 is 1.67 bits per heavy atom. The van der Waals surface area contributed by atoms with E-state index in [1.807, 2.05) is 37.3 Å². The van der Waals surface area contributed by atoms with E-state index in [1.54, 1.807) is 0 Å². The van der Waals surface area contributed by atoms with E-state index in [4.69, 9.17) is 4.74 Å². The van der Waals surface area contributed by atoms with Crippen LogP contribution in [0.4, 0.5) is 0 Å². The molecule has 0 heterocycles. The largest absolute Gasteiger partial charge is 0.460 e. The lowest BCUT2D eigenvalue weighted by molar-refractivity contribution is -0.157. The minimum atomic E-state index is -0.321. The first-order valence-electron chi connectivity index (χ1n) is 6.83. The van der Waals surface area contributed by atoms with Gasteiger partial charge in [-0.2, -0.15) is 0 Å². The Morgan fingerprint density at radius 3 is 2.17 bits per heavy atom. The maximum Gasteiger partial charge on any atom is 0.312 e. The van der Waals surface area contributed by atoms with Crippen molar-refractivity contribution in [2.75, 3.05) is 0 Å². The summed E-state index contributed by atoms with van der Waals surface area (Å²) in [5, 5.41) is 0. The summed E-state index contributed by atoms with van der Waals surface area (Å²) in [6, 6.07) is 9.83. The van der Waals surface area contributed by atoms with Crippen molar-refractivity contribution in [1.82, 2.24) is 0 Å². The zero-order valence-electron chi connectivity index (χ0n) is 11.7. The number of rotatable bonds is 7. The van der Waals surface area contributed by atoms with E-state index in [1.165, 1.54) is 0 Å². The third kappa shape index (κ3) is 4.17. The first-order valence-corrected chi connectivity index (χ1v) is 6.83. The van der Waals surface area contributed by atoms with Crippen molar-refractivity contribution in [2.24, 2.45) is 5.41 Å². The molecule has 0 aliphatic rings. The van der Waals surface area contributed by atoms with Gasteiger partial charge in [0.1, 0.15) is 6.61 Å². The molecule has 1 aromatic carbocycles. The number of hydrogen-bond donors (Lipinski definition) is 0. The fraction of sp³-hybridized carbons (Fsp3) is 0.562. The van der Waals surface area contributed by atoms with Crippen molar-refractivity contribution >= 4 is 5.97 Å². The van der Waals surface area contributed by atoms with Crippen molar-refractivity contribution in [1.29, 1.82) is 0 Å². The van der Waals surface area contributed by atoms with Gasteiger partial charge in [-0.25, -0.2) is 0 Å². The molecule has 1 rings (SSSR count). The molecule has 0 N–H and O–H groups in total. The van der Waals surface area contributed by atoms with E-state index in [9.17, 15) is 4.79 Å². The summed E-state index contributed by atoms with van der Waals surface area (Å²) in [4.78, 5) is 12.2. The number of ether oxygens (including phenoxy) is 1. The molecular formula is C16H24O2. The van der Waals surface area contributed by atoms with Crippen LogP contribution in [0.1, 0.15) is 52.0 Å². The Morgan fingerprint density at radius 1 is 1.11 bits per heavy atom. The average Bonchev–Trinajstić information content (AvgIpc) is 2.37. The highest BCUT2D eigenvalue weighted by Crippen LogP contribution is 2.31. The lowest BCUT2D eigenvalue weighted by Crippen LogP contribution is -2.29. The Balaban J connectivity index is 2.57. The van der Waals surface area contributed by atoms with E-state index in [0.29, 0.717) is 6.61 Å². The third-order valence-corrected chi connectivity index (χ3v) is 3.31. The van der Waals surface area contributed by atoms with Crippen LogP contribution in [0, 0.1) is 5.41 Å². The SMILES string of the molecule is CCCC(C)(CCC)C(=O)OCc1ccccc1. The van der Waals surface area contributed by atoms with Crippen LogP contribution in [0.3, 0.4) is 0 Å². The Labute approximate surface area is 110 Å². The fourth-order valence-corrected chi connectivity index (χ4v) is 2.33. The molecule has 0 bridgehead atoms. The minimum absolute atomic E-state index is 0.0601. The van der Waals surface area contributed by atoms with E-state index in [2.05, 4.69) is 13.8 Å². The average molecular weight is 248 g/mol. The molecule has 0 fully saturated rings. The Bertz CT molecular complexity index is 351. The molecule has 0 unspecified atom stereocenters. The molecule has 0 aliphatic carbocycles. The molecule has 2 heteroatoms. The van der Waals surface area contributed by atoms with Crippen molar-refractivity contribution < 1.29 is 9.53 Å². The quantitative estimate of drug-likeness (QED) is 0.671. The predicted octanol–water partition coefficient (Wildman–Crippen LogP) is 4.34. The van der Waals surface area contributed by atoms with E-state index in [-0.39, 0.29) is 11.4 Å². The number of hydrogen-bond acceptors (Lipinski definition) is 2. The maximum absolute atomic E-state index is 12.2. The monoisotopic (exact) mass is 248 g/mol. The molecule has 0 amide bonds. The van der Waals surface area contributed by atoms with E-state index < -0.39 is 0 Å². The number of carbonyl (C=O) groups is 1. The van der Waals surface area contributed by atoms with Crippen LogP contribution < -0.4 is 0 Å². The summed E-state index contributed by atoms with van der Waals surface area (Å²) in [5.74, 6) is -0.0601.